The number of halogens is 2. The van der Waals surface area contributed by atoms with Crippen molar-refractivity contribution < 1.29 is 5.11 Å². The molecule has 0 aliphatic heterocycles. The molecule has 18 heavy (non-hydrogen) atoms. The zero-order valence-electron chi connectivity index (χ0n) is 10.5. The summed E-state index contributed by atoms with van der Waals surface area (Å²) in [5, 5.41) is 11.2. The van der Waals surface area contributed by atoms with Gasteiger partial charge in [-0.05, 0) is 50.3 Å². The fourth-order valence-electron chi connectivity index (χ4n) is 2.70. The van der Waals surface area contributed by atoms with Crippen LogP contribution in [0.1, 0.15) is 38.2 Å². The predicted molar refractivity (Wildman–Crippen MR) is 76.3 cm³/mol. The van der Waals surface area contributed by atoms with Crippen molar-refractivity contribution in [2.75, 3.05) is 6.54 Å². The molecule has 1 saturated carbocycles. The number of nitrogens with two attached hydrogens (primary N) is 1. The minimum Gasteiger partial charge on any atom is -0.390 e. The van der Waals surface area contributed by atoms with E-state index in [-0.39, 0.29) is 5.41 Å². The van der Waals surface area contributed by atoms with Gasteiger partial charge in [0.05, 0.1) is 15.6 Å². The van der Waals surface area contributed by atoms with E-state index < -0.39 is 5.60 Å². The van der Waals surface area contributed by atoms with E-state index in [9.17, 15) is 5.11 Å². The van der Waals surface area contributed by atoms with E-state index >= 15 is 0 Å². The zero-order chi connectivity index (χ0) is 13.4. The van der Waals surface area contributed by atoms with Gasteiger partial charge in [-0.1, -0.05) is 29.3 Å². The van der Waals surface area contributed by atoms with Gasteiger partial charge >= 0.3 is 0 Å². The Morgan fingerprint density at radius 2 is 1.78 bits per heavy atom. The first-order valence-corrected chi connectivity index (χ1v) is 7.02. The lowest BCUT2D eigenvalue weighted by atomic mass is 9.65. The fourth-order valence-corrected chi connectivity index (χ4v) is 3.00. The molecule has 1 aliphatic carbocycles. The van der Waals surface area contributed by atoms with Crippen LogP contribution in [0.3, 0.4) is 0 Å². The highest BCUT2D eigenvalue weighted by atomic mass is 35.5. The summed E-state index contributed by atoms with van der Waals surface area (Å²) < 4.78 is 0. The molecular formula is C14H19Cl2NO. The fraction of sp³-hybridized carbons (Fsp3) is 0.571. The standard InChI is InChI=1S/C14H19Cl2NO/c1-13(18)4-6-14(9-17,7-5-13)10-2-3-11(15)12(16)8-10/h2-3,8,18H,4-7,9,17H2,1H3/t13-,14+. The van der Waals surface area contributed by atoms with Gasteiger partial charge in [0.2, 0.25) is 0 Å². The van der Waals surface area contributed by atoms with E-state index in [2.05, 4.69) is 0 Å². The monoisotopic (exact) mass is 287 g/mol. The van der Waals surface area contributed by atoms with E-state index in [0.29, 0.717) is 16.6 Å². The van der Waals surface area contributed by atoms with E-state index in [1.165, 1.54) is 0 Å². The number of benzene rings is 1. The third-order valence-corrected chi connectivity index (χ3v) is 4.95. The van der Waals surface area contributed by atoms with Crippen LogP contribution in [0.15, 0.2) is 18.2 Å². The first-order chi connectivity index (χ1) is 8.38. The van der Waals surface area contributed by atoms with Crippen LogP contribution in [0.2, 0.25) is 10.0 Å². The molecule has 0 amide bonds. The van der Waals surface area contributed by atoms with E-state index in [1.807, 2.05) is 25.1 Å². The third kappa shape index (κ3) is 2.67. The SMILES string of the molecule is C[C@]1(O)CC[C@@](CN)(c2ccc(Cl)c(Cl)c2)CC1. The molecule has 2 rings (SSSR count). The molecule has 3 N–H and O–H groups in total. The molecule has 4 heteroatoms. The quantitative estimate of drug-likeness (QED) is 0.874. The second kappa shape index (κ2) is 5.01. The van der Waals surface area contributed by atoms with Gasteiger partial charge in [-0.3, -0.25) is 0 Å². The van der Waals surface area contributed by atoms with E-state index in [4.69, 9.17) is 28.9 Å². The van der Waals surface area contributed by atoms with Gasteiger partial charge in [-0.2, -0.15) is 0 Å². The predicted octanol–water partition coefficient (Wildman–Crippen LogP) is 3.51. The Hall–Kier alpha value is -0.280. The van der Waals surface area contributed by atoms with Crippen LogP contribution in [-0.4, -0.2) is 17.3 Å². The third-order valence-electron chi connectivity index (χ3n) is 4.21. The summed E-state index contributed by atoms with van der Waals surface area (Å²) in [5.74, 6) is 0. The van der Waals surface area contributed by atoms with Crippen molar-refractivity contribution in [1.82, 2.24) is 0 Å². The Morgan fingerprint density at radius 3 is 2.28 bits per heavy atom. The zero-order valence-corrected chi connectivity index (χ0v) is 12.1. The van der Waals surface area contributed by atoms with Crippen LogP contribution >= 0.6 is 23.2 Å². The van der Waals surface area contributed by atoms with Gasteiger partial charge in [0.15, 0.2) is 0 Å². The van der Waals surface area contributed by atoms with Gasteiger partial charge in [-0.25, -0.2) is 0 Å². The Kier molecular flexibility index (Phi) is 3.93. The van der Waals surface area contributed by atoms with Gasteiger partial charge in [-0.15, -0.1) is 0 Å². The first-order valence-electron chi connectivity index (χ1n) is 6.27. The van der Waals surface area contributed by atoms with Crippen LogP contribution in [0.4, 0.5) is 0 Å². The highest BCUT2D eigenvalue weighted by molar-refractivity contribution is 6.42. The molecule has 0 spiro atoms. The summed E-state index contributed by atoms with van der Waals surface area (Å²) in [7, 11) is 0. The van der Waals surface area contributed by atoms with Crippen molar-refractivity contribution in [3.63, 3.8) is 0 Å². The van der Waals surface area contributed by atoms with Crippen molar-refractivity contribution in [3.8, 4) is 0 Å². The lowest BCUT2D eigenvalue weighted by Crippen LogP contribution is -2.44. The molecule has 100 valence electrons. The Bertz CT molecular complexity index is 435. The molecule has 1 aromatic carbocycles. The molecule has 0 bridgehead atoms. The van der Waals surface area contributed by atoms with Crippen LogP contribution in [0.5, 0.6) is 0 Å². The molecule has 0 radical (unpaired) electrons. The topological polar surface area (TPSA) is 46.2 Å². The smallest absolute Gasteiger partial charge is 0.0620 e. The van der Waals surface area contributed by atoms with Crippen molar-refractivity contribution in [1.29, 1.82) is 0 Å². The van der Waals surface area contributed by atoms with Crippen molar-refractivity contribution in [2.45, 2.75) is 43.6 Å². The van der Waals surface area contributed by atoms with Gasteiger partial charge in [0, 0.05) is 12.0 Å². The molecule has 1 aromatic rings. The minimum absolute atomic E-state index is 0.0729. The Labute approximate surface area is 118 Å². The van der Waals surface area contributed by atoms with Crippen LogP contribution in [-0.2, 0) is 5.41 Å². The van der Waals surface area contributed by atoms with E-state index in [0.717, 1.165) is 31.2 Å². The molecule has 0 atom stereocenters. The highest BCUT2D eigenvalue weighted by Gasteiger charge is 2.39. The summed E-state index contributed by atoms with van der Waals surface area (Å²) >= 11 is 12.0. The van der Waals surface area contributed by atoms with Crippen LogP contribution in [0, 0.1) is 0 Å². The first kappa shape index (κ1) is 14.1. The molecule has 0 unspecified atom stereocenters. The lowest BCUT2D eigenvalue weighted by Gasteiger charge is -2.42. The molecular weight excluding hydrogens is 269 g/mol. The molecule has 0 saturated heterocycles. The average Bonchev–Trinajstić information content (AvgIpc) is 2.34. The summed E-state index contributed by atoms with van der Waals surface area (Å²) in [5.41, 5.74) is 6.49. The summed E-state index contributed by atoms with van der Waals surface area (Å²) in [6, 6.07) is 5.74. The second-order valence-electron chi connectivity index (χ2n) is 5.61. The van der Waals surface area contributed by atoms with Gasteiger partial charge in [0.25, 0.3) is 0 Å². The van der Waals surface area contributed by atoms with Gasteiger partial charge in [0.1, 0.15) is 0 Å². The summed E-state index contributed by atoms with van der Waals surface area (Å²) in [6.07, 6.45) is 3.30. The second-order valence-corrected chi connectivity index (χ2v) is 6.42. The maximum atomic E-state index is 10.1. The average molecular weight is 288 g/mol. The van der Waals surface area contributed by atoms with Crippen LogP contribution in [0.25, 0.3) is 0 Å². The van der Waals surface area contributed by atoms with Crippen molar-refractivity contribution >= 4 is 23.2 Å². The van der Waals surface area contributed by atoms with Gasteiger partial charge < -0.3 is 10.8 Å². The maximum absolute atomic E-state index is 10.1. The summed E-state index contributed by atoms with van der Waals surface area (Å²) in [6.45, 7) is 2.46. The minimum atomic E-state index is -0.561. The van der Waals surface area contributed by atoms with Crippen molar-refractivity contribution in [2.24, 2.45) is 5.73 Å². The Balaban J connectivity index is 2.30. The number of hydrogen-bond donors (Lipinski definition) is 2. The molecule has 0 heterocycles. The maximum Gasteiger partial charge on any atom is 0.0620 e. The highest BCUT2D eigenvalue weighted by Crippen LogP contribution is 2.43. The summed E-state index contributed by atoms with van der Waals surface area (Å²) in [4.78, 5) is 0. The van der Waals surface area contributed by atoms with Crippen molar-refractivity contribution in [3.05, 3.63) is 33.8 Å². The van der Waals surface area contributed by atoms with E-state index in [1.54, 1.807) is 0 Å². The normalized spacial score (nSPS) is 32.5. The molecule has 2 nitrogen and oxygen atoms in total. The largest absolute Gasteiger partial charge is 0.390 e. The molecule has 1 fully saturated rings. The number of rotatable bonds is 2. The molecule has 1 aliphatic rings. The lowest BCUT2D eigenvalue weighted by molar-refractivity contribution is 0.00144. The molecule has 0 aromatic heterocycles. The number of aliphatic hydroxyl groups is 1. The Morgan fingerprint density at radius 1 is 1.17 bits per heavy atom. The van der Waals surface area contributed by atoms with Crippen LogP contribution < -0.4 is 5.73 Å². The number of hydrogen-bond acceptors (Lipinski definition) is 2.